The Kier molecular flexibility index (Phi) is 7.07. The highest BCUT2D eigenvalue weighted by atomic mass is 35.5. The highest BCUT2D eigenvalue weighted by Crippen LogP contribution is 2.24. The van der Waals surface area contributed by atoms with Crippen molar-refractivity contribution in [2.45, 2.75) is 19.3 Å². The number of benzene rings is 1. The Balaban J connectivity index is 0.00000242. The molecular weight excluding hydrogens is 308 g/mol. The molecule has 1 fully saturated rings. The van der Waals surface area contributed by atoms with E-state index in [2.05, 4.69) is 10.6 Å². The van der Waals surface area contributed by atoms with Gasteiger partial charge in [-0.25, -0.2) is 0 Å². The van der Waals surface area contributed by atoms with E-state index in [0.29, 0.717) is 12.5 Å². The zero-order valence-corrected chi connectivity index (χ0v) is 13.0. The normalized spacial score (nSPS) is 17.4. The monoisotopic (exact) mass is 328 g/mol. The molecule has 1 unspecified atom stereocenters. The molecular formula is C14H21ClN4O3. The lowest BCUT2D eigenvalue weighted by Gasteiger charge is -2.22. The predicted octanol–water partition coefficient (Wildman–Crippen LogP) is 1.72. The SMILES string of the molecule is Cl.Nc1c(C(=O)NCCC2CCCNC2)cccc1[N+](=O)[O-]. The third-order valence-electron chi connectivity index (χ3n) is 3.76. The summed E-state index contributed by atoms with van der Waals surface area (Å²) in [6.45, 7) is 2.59. The molecule has 0 aromatic heterocycles. The number of nitrogen functional groups attached to an aromatic ring is 1. The molecule has 1 atom stereocenters. The van der Waals surface area contributed by atoms with Gasteiger partial charge < -0.3 is 16.4 Å². The Morgan fingerprint density at radius 3 is 2.91 bits per heavy atom. The van der Waals surface area contributed by atoms with Crippen LogP contribution in [0, 0.1) is 16.0 Å². The molecule has 0 spiro atoms. The highest BCUT2D eigenvalue weighted by molar-refractivity contribution is 6.00. The number of nitro benzene ring substituents is 1. The second kappa shape index (κ2) is 8.55. The molecule has 0 aliphatic carbocycles. The third kappa shape index (κ3) is 4.57. The first-order chi connectivity index (χ1) is 10.1. The topological polar surface area (TPSA) is 110 Å². The molecule has 1 saturated heterocycles. The van der Waals surface area contributed by atoms with E-state index in [-0.39, 0.29) is 35.3 Å². The van der Waals surface area contributed by atoms with Crippen LogP contribution in [0.5, 0.6) is 0 Å². The maximum Gasteiger partial charge on any atom is 0.292 e. The van der Waals surface area contributed by atoms with Gasteiger partial charge in [0.1, 0.15) is 5.69 Å². The average molecular weight is 329 g/mol. The van der Waals surface area contributed by atoms with Crippen LogP contribution in [-0.4, -0.2) is 30.5 Å². The fourth-order valence-corrected chi connectivity index (χ4v) is 2.57. The summed E-state index contributed by atoms with van der Waals surface area (Å²) in [5.74, 6) is 0.210. The van der Waals surface area contributed by atoms with Crippen LogP contribution in [0.25, 0.3) is 0 Å². The second-order valence-electron chi connectivity index (χ2n) is 5.25. The van der Waals surface area contributed by atoms with Gasteiger partial charge in [-0.3, -0.25) is 14.9 Å². The molecule has 122 valence electrons. The number of para-hydroxylation sites is 1. The summed E-state index contributed by atoms with van der Waals surface area (Å²) < 4.78 is 0. The lowest BCUT2D eigenvalue weighted by molar-refractivity contribution is -0.383. The van der Waals surface area contributed by atoms with Crippen LogP contribution in [0.2, 0.25) is 0 Å². The van der Waals surface area contributed by atoms with Gasteiger partial charge in [-0.1, -0.05) is 6.07 Å². The number of anilines is 1. The van der Waals surface area contributed by atoms with Gasteiger partial charge in [0.05, 0.1) is 10.5 Å². The predicted molar refractivity (Wildman–Crippen MR) is 87.3 cm³/mol. The van der Waals surface area contributed by atoms with Crippen LogP contribution in [-0.2, 0) is 0 Å². The molecule has 1 aliphatic rings. The zero-order valence-electron chi connectivity index (χ0n) is 12.2. The minimum atomic E-state index is -0.584. The molecule has 1 aromatic carbocycles. The lowest BCUT2D eigenvalue weighted by Crippen LogP contribution is -2.33. The Labute approximate surface area is 135 Å². The maximum absolute atomic E-state index is 12.1. The zero-order chi connectivity index (χ0) is 15.2. The van der Waals surface area contributed by atoms with Crippen LogP contribution < -0.4 is 16.4 Å². The van der Waals surface area contributed by atoms with Crippen molar-refractivity contribution in [3.05, 3.63) is 33.9 Å². The number of rotatable bonds is 5. The average Bonchev–Trinajstić information content (AvgIpc) is 2.48. The van der Waals surface area contributed by atoms with Crippen molar-refractivity contribution in [1.82, 2.24) is 10.6 Å². The van der Waals surface area contributed by atoms with Crippen LogP contribution >= 0.6 is 12.4 Å². The molecule has 0 radical (unpaired) electrons. The molecule has 0 bridgehead atoms. The van der Waals surface area contributed by atoms with Crippen molar-refractivity contribution in [3.63, 3.8) is 0 Å². The largest absolute Gasteiger partial charge is 0.393 e. The summed E-state index contributed by atoms with van der Waals surface area (Å²) in [5, 5.41) is 16.9. The molecule has 1 aromatic rings. The first kappa shape index (κ1) is 18.2. The lowest BCUT2D eigenvalue weighted by atomic mass is 9.96. The molecule has 1 amide bonds. The summed E-state index contributed by atoms with van der Waals surface area (Å²) >= 11 is 0. The first-order valence-corrected chi connectivity index (χ1v) is 7.11. The molecule has 4 N–H and O–H groups in total. The van der Waals surface area contributed by atoms with Crippen molar-refractivity contribution in [2.75, 3.05) is 25.4 Å². The third-order valence-corrected chi connectivity index (χ3v) is 3.76. The van der Waals surface area contributed by atoms with Gasteiger partial charge in [0.15, 0.2) is 0 Å². The quantitative estimate of drug-likeness (QED) is 0.433. The van der Waals surface area contributed by atoms with E-state index in [1.165, 1.54) is 24.6 Å². The van der Waals surface area contributed by atoms with E-state index in [1.807, 2.05) is 0 Å². The molecule has 2 rings (SSSR count). The number of nitrogens with one attached hydrogen (secondary N) is 2. The molecule has 7 nitrogen and oxygen atoms in total. The van der Waals surface area contributed by atoms with E-state index >= 15 is 0 Å². The fraction of sp³-hybridized carbons (Fsp3) is 0.500. The summed E-state index contributed by atoms with van der Waals surface area (Å²) in [6, 6.07) is 4.26. The number of nitrogens with two attached hydrogens (primary N) is 1. The number of carbonyl (C=O) groups is 1. The Morgan fingerprint density at radius 1 is 1.50 bits per heavy atom. The number of halogens is 1. The van der Waals surface area contributed by atoms with Gasteiger partial charge >= 0.3 is 0 Å². The van der Waals surface area contributed by atoms with Gasteiger partial charge in [0, 0.05) is 12.6 Å². The summed E-state index contributed by atoms with van der Waals surface area (Å²) in [4.78, 5) is 22.3. The maximum atomic E-state index is 12.1. The number of nitrogens with zero attached hydrogens (tertiary/aromatic N) is 1. The summed E-state index contributed by atoms with van der Waals surface area (Å²) in [7, 11) is 0. The van der Waals surface area contributed by atoms with Crippen LogP contribution in [0.4, 0.5) is 11.4 Å². The minimum Gasteiger partial charge on any atom is -0.393 e. The number of hydrogen-bond donors (Lipinski definition) is 3. The second-order valence-corrected chi connectivity index (χ2v) is 5.25. The van der Waals surface area contributed by atoms with Crippen LogP contribution in [0.1, 0.15) is 29.6 Å². The molecule has 0 saturated carbocycles. The first-order valence-electron chi connectivity index (χ1n) is 7.11. The number of hydrogen-bond acceptors (Lipinski definition) is 5. The van der Waals surface area contributed by atoms with Crippen molar-refractivity contribution >= 4 is 29.7 Å². The van der Waals surface area contributed by atoms with E-state index < -0.39 is 4.92 Å². The van der Waals surface area contributed by atoms with Crippen molar-refractivity contribution < 1.29 is 9.72 Å². The van der Waals surface area contributed by atoms with Crippen molar-refractivity contribution in [1.29, 1.82) is 0 Å². The van der Waals surface area contributed by atoms with Gasteiger partial charge in [-0.2, -0.15) is 0 Å². The Hall–Kier alpha value is -1.86. The van der Waals surface area contributed by atoms with E-state index in [1.54, 1.807) is 0 Å². The highest BCUT2D eigenvalue weighted by Gasteiger charge is 2.19. The van der Waals surface area contributed by atoms with Gasteiger partial charge in [0.25, 0.3) is 11.6 Å². The van der Waals surface area contributed by atoms with Crippen LogP contribution in [0.3, 0.4) is 0 Å². The smallest absolute Gasteiger partial charge is 0.292 e. The van der Waals surface area contributed by atoms with Gasteiger partial charge in [0.2, 0.25) is 0 Å². The fourth-order valence-electron chi connectivity index (χ4n) is 2.57. The Bertz CT molecular complexity index is 533. The molecule has 8 heteroatoms. The number of piperidine rings is 1. The standard InChI is InChI=1S/C14H20N4O3.ClH/c15-13-11(4-1-5-12(13)18(20)21)14(19)17-8-6-10-3-2-7-16-9-10;/h1,4-5,10,16H,2-3,6-9,15H2,(H,17,19);1H. The van der Waals surface area contributed by atoms with E-state index in [4.69, 9.17) is 5.73 Å². The molecule has 1 aliphatic heterocycles. The minimum absolute atomic E-state index is 0. The number of amides is 1. The number of nitro groups is 1. The van der Waals surface area contributed by atoms with Crippen LogP contribution in [0.15, 0.2) is 18.2 Å². The molecule has 22 heavy (non-hydrogen) atoms. The van der Waals surface area contributed by atoms with Crippen molar-refractivity contribution in [3.8, 4) is 0 Å². The van der Waals surface area contributed by atoms with Gasteiger partial charge in [-0.15, -0.1) is 12.4 Å². The molecule has 1 heterocycles. The summed E-state index contributed by atoms with van der Waals surface area (Å²) in [5.41, 5.74) is 5.52. The van der Waals surface area contributed by atoms with E-state index in [0.717, 1.165) is 25.9 Å². The van der Waals surface area contributed by atoms with Gasteiger partial charge in [-0.05, 0) is 44.3 Å². The number of carbonyl (C=O) groups excluding carboxylic acids is 1. The van der Waals surface area contributed by atoms with Crippen molar-refractivity contribution in [2.24, 2.45) is 5.92 Å². The summed E-state index contributed by atoms with van der Waals surface area (Å²) in [6.07, 6.45) is 3.23. The van der Waals surface area contributed by atoms with E-state index in [9.17, 15) is 14.9 Å². The Morgan fingerprint density at radius 2 is 2.27 bits per heavy atom.